The largest absolute Gasteiger partial charge is 0.376 e. The van der Waals surface area contributed by atoms with Gasteiger partial charge in [0, 0.05) is 31.5 Å². The van der Waals surface area contributed by atoms with Gasteiger partial charge >= 0.3 is 6.03 Å². The Morgan fingerprint density at radius 1 is 1.28 bits per heavy atom. The molecule has 1 saturated carbocycles. The van der Waals surface area contributed by atoms with Crippen LogP contribution in [0.3, 0.4) is 0 Å². The number of nitrogens with zero attached hydrogens (tertiary/aromatic N) is 3. The van der Waals surface area contributed by atoms with E-state index in [9.17, 15) is 4.79 Å². The molecule has 0 aromatic carbocycles. The van der Waals surface area contributed by atoms with E-state index in [1.165, 1.54) is 0 Å². The third kappa shape index (κ3) is 3.81. The molecule has 2 saturated heterocycles. The molecular weight excluding hydrogens is 320 g/mol. The zero-order valence-electron chi connectivity index (χ0n) is 14.9. The number of amides is 2. The SMILES string of the molecule is CCC(NC(=O)N1CCCC(c2noc(C3CC3)n2)C1)C1CCCO1. The highest BCUT2D eigenvalue weighted by Crippen LogP contribution is 2.39. The lowest BCUT2D eigenvalue weighted by Gasteiger charge is -2.33. The standard InChI is InChI=1S/C18H28N4O3/c1-2-14(15-6-4-10-24-15)19-18(23)22-9-3-5-13(11-22)16-20-17(25-21-16)12-7-8-12/h12-15H,2-11H2,1H3,(H,19,23). The molecule has 3 aliphatic rings. The van der Waals surface area contributed by atoms with Crippen molar-refractivity contribution in [1.29, 1.82) is 0 Å². The second-order valence-corrected chi connectivity index (χ2v) is 7.57. The van der Waals surface area contributed by atoms with Crippen LogP contribution >= 0.6 is 0 Å². The molecule has 2 amide bonds. The first-order valence-electron chi connectivity index (χ1n) is 9.75. The minimum Gasteiger partial charge on any atom is -0.376 e. The number of carbonyl (C=O) groups excluding carboxylic acids is 1. The molecule has 0 bridgehead atoms. The van der Waals surface area contributed by atoms with Crippen LogP contribution in [0.1, 0.15) is 75.4 Å². The molecule has 7 nitrogen and oxygen atoms in total. The molecule has 3 fully saturated rings. The monoisotopic (exact) mass is 348 g/mol. The van der Waals surface area contributed by atoms with Crippen LogP contribution in [-0.2, 0) is 4.74 Å². The molecule has 1 aromatic rings. The highest BCUT2D eigenvalue weighted by atomic mass is 16.5. The molecule has 7 heteroatoms. The van der Waals surface area contributed by atoms with Crippen LogP contribution in [0, 0.1) is 0 Å². The lowest BCUT2D eigenvalue weighted by atomic mass is 9.97. The molecule has 0 radical (unpaired) electrons. The number of hydrogen-bond donors (Lipinski definition) is 1. The minimum atomic E-state index is 0.0120. The lowest BCUT2D eigenvalue weighted by Crippen LogP contribution is -2.51. The van der Waals surface area contributed by atoms with Gasteiger partial charge in [-0.25, -0.2) is 4.79 Å². The maximum atomic E-state index is 12.7. The van der Waals surface area contributed by atoms with Crippen LogP contribution in [0.25, 0.3) is 0 Å². The number of carbonyl (C=O) groups is 1. The third-order valence-corrected chi connectivity index (χ3v) is 5.62. The van der Waals surface area contributed by atoms with Gasteiger partial charge in [-0.05, 0) is 44.9 Å². The first-order valence-corrected chi connectivity index (χ1v) is 9.75. The van der Waals surface area contributed by atoms with E-state index in [4.69, 9.17) is 9.26 Å². The first-order chi connectivity index (χ1) is 12.2. The molecule has 1 N–H and O–H groups in total. The molecule has 4 rings (SSSR count). The van der Waals surface area contributed by atoms with E-state index in [2.05, 4.69) is 22.4 Å². The summed E-state index contributed by atoms with van der Waals surface area (Å²) in [5, 5.41) is 7.35. The van der Waals surface area contributed by atoms with E-state index in [-0.39, 0.29) is 24.1 Å². The van der Waals surface area contributed by atoms with Gasteiger partial charge in [0.25, 0.3) is 0 Å². The van der Waals surface area contributed by atoms with Crippen LogP contribution in [-0.4, -0.2) is 52.9 Å². The second kappa shape index (κ2) is 7.32. The van der Waals surface area contributed by atoms with Crippen molar-refractivity contribution in [1.82, 2.24) is 20.4 Å². The van der Waals surface area contributed by atoms with Gasteiger partial charge in [0.05, 0.1) is 12.1 Å². The van der Waals surface area contributed by atoms with Gasteiger partial charge in [-0.15, -0.1) is 0 Å². The van der Waals surface area contributed by atoms with E-state index >= 15 is 0 Å². The van der Waals surface area contributed by atoms with Gasteiger partial charge in [-0.3, -0.25) is 0 Å². The van der Waals surface area contributed by atoms with Crippen molar-refractivity contribution >= 4 is 6.03 Å². The summed E-state index contributed by atoms with van der Waals surface area (Å²) < 4.78 is 11.1. The van der Waals surface area contributed by atoms with Crippen molar-refractivity contribution in [3.63, 3.8) is 0 Å². The summed E-state index contributed by atoms with van der Waals surface area (Å²) in [6.45, 7) is 4.36. The smallest absolute Gasteiger partial charge is 0.317 e. The minimum absolute atomic E-state index is 0.0120. The predicted octanol–water partition coefficient (Wildman–Crippen LogP) is 2.79. The molecule has 138 valence electrons. The van der Waals surface area contributed by atoms with Crippen LogP contribution in [0.2, 0.25) is 0 Å². The van der Waals surface area contributed by atoms with Crippen molar-refractivity contribution < 1.29 is 14.1 Å². The molecule has 1 aromatic heterocycles. The van der Waals surface area contributed by atoms with Crippen LogP contribution in [0.4, 0.5) is 4.79 Å². The fraction of sp³-hybridized carbons (Fsp3) is 0.833. The van der Waals surface area contributed by atoms with E-state index in [0.29, 0.717) is 12.5 Å². The molecule has 1 aliphatic carbocycles. The molecule has 0 spiro atoms. The predicted molar refractivity (Wildman–Crippen MR) is 91.4 cm³/mol. The topological polar surface area (TPSA) is 80.5 Å². The number of ether oxygens (including phenoxy) is 1. The number of piperidine rings is 1. The van der Waals surface area contributed by atoms with Crippen molar-refractivity contribution in [2.45, 2.75) is 75.9 Å². The zero-order valence-corrected chi connectivity index (χ0v) is 14.9. The number of urea groups is 1. The molecular formula is C18H28N4O3. The fourth-order valence-corrected chi connectivity index (χ4v) is 3.91. The highest BCUT2D eigenvalue weighted by Gasteiger charge is 2.34. The number of nitrogens with one attached hydrogen (secondary N) is 1. The number of aromatic nitrogens is 2. The molecule has 25 heavy (non-hydrogen) atoms. The summed E-state index contributed by atoms with van der Waals surface area (Å²) in [4.78, 5) is 19.2. The Kier molecular flexibility index (Phi) is 4.92. The van der Waals surface area contributed by atoms with Gasteiger partial charge in [-0.1, -0.05) is 12.1 Å². The maximum absolute atomic E-state index is 12.7. The van der Waals surface area contributed by atoms with Crippen molar-refractivity contribution in [3.05, 3.63) is 11.7 Å². The van der Waals surface area contributed by atoms with E-state index in [1.807, 2.05) is 4.90 Å². The Labute approximate surface area is 148 Å². The van der Waals surface area contributed by atoms with Gasteiger partial charge in [0.15, 0.2) is 5.82 Å². The summed E-state index contributed by atoms with van der Waals surface area (Å²) in [5.74, 6) is 2.20. The Balaban J connectivity index is 1.35. The van der Waals surface area contributed by atoms with Crippen molar-refractivity contribution in [2.24, 2.45) is 0 Å². The average Bonchev–Trinajstić information content (AvgIpc) is 3.14. The number of hydrogen-bond acceptors (Lipinski definition) is 5. The molecule has 3 atom stereocenters. The summed E-state index contributed by atoms with van der Waals surface area (Å²) in [6.07, 6.45) is 7.47. The summed E-state index contributed by atoms with van der Waals surface area (Å²) in [5.41, 5.74) is 0. The van der Waals surface area contributed by atoms with Gasteiger partial charge in [0.2, 0.25) is 5.89 Å². The lowest BCUT2D eigenvalue weighted by molar-refractivity contribution is 0.0759. The first kappa shape index (κ1) is 16.8. The van der Waals surface area contributed by atoms with E-state index in [0.717, 1.165) is 69.8 Å². The quantitative estimate of drug-likeness (QED) is 0.885. The van der Waals surface area contributed by atoms with Gasteiger partial charge in [0.1, 0.15) is 0 Å². The fourth-order valence-electron chi connectivity index (χ4n) is 3.91. The Bertz CT molecular complexity index is 595. The van der Waals surface area contributed by atoms with Crippen LogP contribution in [0.15, 0.2) is 4.52 Å². The van der Waals surface area contributed by atoms with Crippen molar-refractivity contribution in [2.75, 3.05) is 19.7 Å². The third-order valence-electron chi connectivity index (χ3n) is 5.62. The Morgan fingerprint density at radius 3 is 2.88 bits per heavy atom. The normalized spacial score (nSPS) is 28.1. The number of likely N-dealkylation sites (tertiary alicyclic amines) is 1. The van der Waals surface area contributed by atoms with E-state index in [1.54, 1.807) is 0 Å². The molecule has 3 unspecified atom stereocenters. The summed E-state index contributed by atoms with van der Waals surface area (Å²) in [6, 6.07) is 0.111. The average molecular weight is 348 g/mol. The summed E-state index contributed by atoms with van der Waals surface area (Å²) in [7, 11) is 0. The molecule has 3 heterocycles. The molecule has 2 aliphatic heterocycles. The maximum Gasteiger partial charge on any atom is 0.317 e. The Morgan fingerprint density at radius 2 is 2.16 bits per heavy atom. The van der Waals surface area contributed by atoms with E-state index < -0.39 is 0 Å². The zero-order chi connectivity index (χ0) is 17.2. The van der Waals surface area contributed by atoms with Gasteiger partial charge < -0.3 is 19.5 Å². The van der Waals surface area contributed by atoms with Gasteiger partial charge in [-0.2, -0.15) is 4.98 Å². The number of rotatable bonds is 5. The highest BCUT2D eigenvalue weighted by molar-refractivity contribution is 5.74. The van der Waals surface area contributed by atoms with Crippen LogP contribution < -0.4 is 5.32 Å². The summed E-state index contributed by atoms with van der Waals surface area (Å²) >= 11 is 0. The van der Waals surface area contributed by atoms with Crippen LogP contribution in [0.5, 0.6) is 0 Å². The van der Waals surface area contributed by atoms with Crippen molar-refractivity contribution in [3.8, 4) is 0 Å². The Hall–Kier alpha value is -1.63. The second-order valence-electron chi connectivity index (χ2n) is 7.57.